The van der Waals surface area contributed by atoms with Crippen molar-refractivity contribution in [1.29, 1.82) is 0 Å². The first-order valence-corrected chi connectivity index (χ1v) is 8.65. The minimum atomic E-state index is -4.50. The number of anilines is 1. The van der Waals surface area contributed by atoms with E-state index in [9.17, 15) is 18.0 Å². The Morgan fingerprint density at radius 3 is 2.62 bits per heavy atom. The van der Waals surface area contributed by atoms with E-state index in [-0.39, 0.29) is 5.69 Å². The van der Waals surface area contributed by atoms with Gasteiger partial charge in [-0.25, -0.2) is 4.98 Å². The summed E-state index contributed by atoms with van der Waals surface area (Å²) < 4.78 is 41.2. The molecule has 0 aliphatic carbocycles. The zero-order valence-corrected chi connectivity index (χ0v) is 15.6. The van der Waals surface area contributed by atoms with E-state index in [1.807, 2.05) is 6.92 Å². The van der Waals surface area contributed by atoms with Crippen LogP contribution in [0.1, 0.15) is 34.2 Å². The number of fused-ring (bicyclic) bond motifs is 1. The van der Waals surface area contributed by atoms with Gasteiger partial charge in [0.15, 0.2) is 0 Å². The number of pyridine rings is 1. The number of aryl methyl sites for hydroxylation is 2. The largest absolute Gasteiger partial charge is 0.417 e. The van der Waals surface area contributed by atoms with Crippen LogP contribution in [-0.2, 0) is 12.6 Å². The van der Waals surface area contributed by atoms with E-state index in [4.69, 9.17) is 0 Å². The van der Waals surface area contributed by atoms with Crippen molar-refractivity contribution in [2.24, 2.45) is 0 Å². The molecule has 0 fully saturated rings. The van der Waals surface area contributed by atoms with Crippen LogP contribution in [0.4, 0.5) is 18.9 Å². The number of halogens is 4. The van der Waals surface area contributed by atoms with Crippen LogP contribution in [0.3, 0.4) is 0 Å². The number of alkyl halides is 3. The van der Waals surface area contributed by atoms with Crippen LogP contribution in [0, 0.1) is 6.92 Å². The summed E-state index contributed by atoms with van der Waals surface area (Å²) in [6, 6.07) is 7.51. The van der Waals surface area contributed by atoms with E-state index >= 15 is 0 Å². The minimum Gasteiger partial charge on any atom is -0.321 e. The molecule has 2 heterocycles. The molecule has 0 radical (unpaired) electrons. The summed E-state index contributed by atoms with van der Waals surface area (Å²) in [7, 11) is 0. The molecule has 2 aromatic heterocycles. The van der Waals surface area contributed by atoms with Crippen LogP contribution in [0.2, 0.25) is 0 Å². The van der Waals surface area contributed by atoms with Crippen molar-refractivity contribution in [3.63, 3.8) is 0 Å². The third kappa shape index (κ3) is 3.46. The van der Waals surface area contributed by atoms with Gasteiger partial charge in [0.2, 0.25) is 0 Å². The number of benzene rings is 1. The van der Waals surface area contributed by atoms with Crippen molar-refractivity contribution >= 4 is 33.2 Å². The maximum Gasteiger partial charge on any atom is 0.417 e. The number of carbonyl (C=O) groups excluding carboxylic acids is 1. The van der Waals surface area contributed by atoms with Crippen LogP contribution in [-0.4, -0.2) is 15.3 Å². The SMILES string of the molecule is CCc1nc2ccc(C(F)(F)F)cn2c1C(=O)Nc1ccc(Br)c(C)c1. The smallest absolute Gasteiger partial charge is 0.321 e. The lowest BCUT2D eigenvalue weighted by molar-refractivity contribution is -0.137. The molecule has 3 rings (SSSR count). The Hall–Kier alpha value is -2.35. The standard InChI is InChI=1S/C18H15BrF3N3O/c1-3-14-16(17(26)23-12-5-6-13(19)10(2)8-12)25-9-11(18(20,21)22)4-7-15(25)24-14/h4-9H,3H2,1-2H3,(H,23,26). The second-order valence-electron chi connectivity index (χ2n) is 5.82. The van der Waals surface area contributed by atoms with Crippen molar-refractivity contribution < 1.29 is 18.0 Å². The van der Waals surface area contributed by atoms with Gasteiger partial charge in [-0.15, -0.1) is 0 Å². The van der Waals surface area contributed by atoms with Gasteiger partial charge in [-0.3, -0.25) is 9.20 Å². The fourth-order valence-corrected chi connectivity index (χ4v) is 2.91. The zero-order valence-electron chi connectivity index (χ0n) is 14.0. The van der Waals surface area contributed by atoms with Crippen LogP contribution in [0.25, 0.3) is 5.65 Å². The van der Waals surface area contributed by atoms with Crippen LogP contribution < -0.4 is 5.32 Å². The predicted molar refractivity (Wildman–Crippen MR) is 96.4 cm³/mol. The van der Waals surface area contributed by atoms with E-state index < -0.39 is 17.6 Å². The normalized spacial score (nSPS) is 11.8. The molecule has 136 valence electrons. The lowest BCUT2D eigenvalue weighted by Crippen LogP contribution is -2.17. The highest BCUT2D eigenvalue weighted by molar-refractivity contribution is 9.10. The summed E-state index contributed by atoms with van der Waals surface area (Å²) in [6.07, 6.45) is -3.17. The van der Waals surface area contributed by atoms with Crippen molar-refractivity contribution in [3.05, 3.63) is 63.5 Å². The number of imidazole rings is 1. The Bertz CT molecular complexity index is 995. The van der Waals surface area contributed by atoms with Gasteiger partial charge in [0.05, 0.1) is 11.3 Å². The van der Waals surface area contributed by atoms with Crippen molar-refractivity contribution in [2.45, 2.75) is 26.4 Å². The van der Waals surface area contributed by atoms with E-state index in [1.54, 1.807) is 25.1 Å². The number of aromatic nitrogens is 2. The fourth-order valence-electron chi connectivity index (χ4n) is 2.66. The van der Waals surface area contributed by atoms with Gasteiger partial charge in [0.1, 0.15) is 11.3 Å². The third-order valence-corrected chi connectivity index (χ3v) is 4.87. The molecule has 0 aliphatic rings. The van der Waals surface area contributed by atoms with Crippen molar-refractivity contribution in [1.82, 2.24) is 9.38 Å². The summed E-state index contributed by atoms with van der Waals surface area (Å²) in [5.74, 6) is -0.504. The molecule has 4 nitrogen and oxygen atoms in total. The first-order chi connectivity index (χ1) is 12.2. The average Bonchev–Trinajstić information content (AvgIpc) is 2.95. The summed E-state index contributed by atoms with van der Waals surface area (Å²) in [6.45, 7) is 3.67. The number of hydrogen-bond donors (Lipinski definition) is 1. The molecule has 8 heteroatoms. The predicted octanol–water partition coefficient (Wildman–Crippen LogP) is 5.24. The molecule has 0 spiro atoms. The Morgan fingerprint density at radius 1 is 1.27 bits per heavy atom. The van der Waals surface area contributed by atoms with Crippen LogP contribution >= 0.6 is 15.9 Å². The molecule has 0 atom stereocenters. The Labute approximate surface area is 156 Å². The Balaban J connectivity index is 2.06. The van der Waals surface area contributed by atoms with E-state index in [2.05, 4.69) is 26.2 Å². The van der Waals surface area contributed by atoms with Gasteiger partial charge < -0.3 is 5.32 Å². The molecule has 1 N–H and O–H groups in total. The number of hydrogen-bond acceptors (Lipinski definition) is 2. The zero-order chi connectivity index (χ0) is 19.1. The van der Waals surface area contributed by atoms with Crippen molar-refractivity contribution in [3.8, 4) is 0 Å². The Kier molecular flexibility index (Phi) is 4.79. The molecule has 0 saturated heterocycles. The molecule has 0 aliphatic heterocycles. The third-order valence-electron chi connectivity index (χ3n) is 3.98. The number of nitrogens with zero attached hydrogens (tertiary/aromatic N) is 2. The highest BCUT2D eigenvalue weighted by atomic mass is 79.9. The molecule has 0 unspecified atom stereocenters. The maximum absolute atomic E-state index is 13.0. The molecule has 0 bridgehead atoms. The summed E-state index contributed by atoms with van der Waals surface area (Å²) in [4.78, 5) is 17.0. The number of carbonyl (C=O) groups is 1. The molecule has 26 heavy (non-hydrogen) atoms. The van der Waals surface area contributed by atoms with Gasteiger partial charge >= 0.3 is 6.18 Å². The summed E-state index contributed by atoms with van der Waals surface area (Å²) in [5, 5.41) is 2.74. The van der Waals surface area contributed by atoms with E-state index in [0.29, 0.717) is 23.4 Å². The van der Waals surface area contributed by atoms with Crippen LogP contribution in [0.5, 0.6) is 0 Å². The highest BCUT2D eigenvalue weighted by Crippen LogP contribution is 2.30. The second kappa shape index (κ2) is 6.75. The van der Waals surface area contributed by atoms with Crippen molar-refractivity contribution in [2.75, 3.05) is 5.32 Å². The van der Waals surface area contributed by atoms with Crippen LogP contribution in [0.15, 0.2) is 41.0 Å². The van der Waals surface area contributed by atoms with Gasteiger partial charge in [-0.1, -0.05) is 22.9 Å². The molecule has 1 amide bonds. The lowest BCUT2D eigenvalue weighted by Gasteiger charge is -2.10. The quantitative estimate of drug-likeness (QED) is 0.623. The first-order valence-electron chi connectivity index (χ1n) is 7.86. The molecule has 0 saturated carbocycles. The van der Waals surface area contributed by atoms with E-state index in [0.717, 1.165) is 22.3 Å². The molecule has 1 aromatic carbocycles. The Morgan fingerprint density at radius 2 is 2.00 bits per heavy atom. The molecular weight excluding hydrogens is 411 g/mol. The number of rotatable bonds is 3. The average molecular weight is 426 g/mol. The summed E-state index contributed by atoms with van der Waals surface area (Å²) >= 11 is 3.38. The van der Waals surface area contributed by atoms with Gasteiger partial charge in [0.25, 0.3) is 5.91 Å². The van der Waals surface area contributed by atoms with E-state index in [1.165, 1.54) is 10.5 Å². The highest BCUT2D eigenvalue weighted by Gasteiger charge is 2.31. The maximum atomic E-state index is 13.0. The summed E-state index contributed by atoms with van der Waals surface area (Å²) in [5.41, 5.74) is 1.49. The molecular formula is C18H15BrF3N3O. The number of nitrogens with one attached hydrogen (secondary N) is 1. The first kappa shape index (κ1) is 18.4. The minimum absolute atomic E-state index is 0.106. The number of amides is 1. The molecule has 3 aromatic rings. The topological polar surface area (TPSA) is 46.4 Å². The lowest BCUT2D eigenvalue weighted by atomic mass is 10.2. The second-order valence-corrected chi connectivity index (χ2v) is 6.68. The van der Waals surface area contributed by atoms with Gasteiger partial charge in [-0.2, -0.15) is 13.2 Å². The monoisotopic (exact) mass is 425 g/mol. The van der Waals surface area contributed by atoms with Gasteiger partial charge in [-0.05, 0) is 49.2 Å². The fraction of sp³-hybridized carbons (Fsp3) is 0.222. The van der Waals surface area contributed by atoms with Gasteiger partial charge in [0, 0.05) is 16.4 Å².